The lowest BCUT2D eigenvalue weighted by Crippen LogP contribution is -2.12. The summed E-state index contributed by atoms with van der Waals surface area (Å²) in [5, 5.41) is 10.5. The Kier molecular flexibility index (Phi) is 6.95. The van der Waals surface area contributed by atoms with Gasteiger partial charge < -0.3 is 19.3 Å². The second-order valence-electron chi connectivity index (χ2n) is 7.41. The first-order valence-electron chi connectivity index (χ1n) is 10.3. The summed E-state index contributed by atoms with van der Waals surface area (Å²) >= 11 is 6.37. The Morgan fingerprint density at radius 1 is 0.909 bits per heavy atom. The summed E-state index contributed by atoms with van der Waals surface area (Å²) in [7, 11) is 0. The second kappa shape index (κ2) is 10.2. The summed E-state index contributed by atoms with van der Waals surface area (Å²) in [6, 6.07) is 22.4. The van der Waals surface area contributed by atoms with Crippen molar-refractivity contribution in [3.05, 3.63) is 94.6 Å². The maximum atomic E-state index is 10.9. The van der Waals surface area contributed by atoms with Gasteiger partial charge in [-0.15, -0.1) is 0 Å². The van der Waals surface area contributed by atoms with Crippen LogP contribution in [0, 0.1) is 6.92 Å². The van der Waals surface area contributed by atoms with Crippen molar-refractivity contribution in [2.24, 2.45) is 0 Å². The summed E-state index contributed by atoms with van der Waals surface area (Å²) in [6.07, 6.45) is 0. The third-order valence-electron chi connectivity index (χ3n) is 4.94. The van der Waals surface area contributed by atoms with Gasteiger partial charge in [0, 0.05) is 17.0 Å². The van der Waals surface area contributed by atoms with Gasteiger partial charge in [0.05, 0.1) is 16.2 Å². The van der Waals surface area contributed by atoms with E-state index in [9.17, 15) is 4.79 Å². The molecule has 1 heterocycles. The number of hydrogen-bond donors (Lipinski definition) is 1. The number of fused-ring (bicyclic) bond motifs is 1. The Balaban J connectivity index is 1.42. The first-order valence-corrected chi connectivity index (χ1v) is 10.7. The average molecular weight is 464 g/mol. The van der Waals surface area contributed by atoms with Gasteiger partial charge in [0.1, 0.15) is 30.5 Å². The standard InChI is InChI=1S/C26H22ClNO5/c1-17-6-4-7-18(26(17)33-16-25(29)30)14-31-20-8-5-9-21(13-20)32-15-19-12-23(27)22-10-2-3-11-24(22)28-19/h2-13H,14-16H2,1H3,(H,29,30). The van der Waals surface area contributed by atoms with Crippen LogP contribution in [0.2, 0.25) is 5.02 Å². The molecular formula is C26H22ClNO5. The number of ether oxygens (including phenoxy) is 3. The van der Waals surface area contributed by atoms with E-state index in [-0.39, 0.29) is 13.2 Å². The van der Waals surface area contributed by atoms with Crippen LogP contribution in [0.5, 0.6) is 17.2 Å². The van der Waals surface area contributed by atoms with Crippen LogP contribution in [0.4, 0.5) is 0 Å². The third kappa shape index (κ3) is 5.73. The van der Waals surface area contributed by atoms with Crippen molar-refractivity contribution >= 4 is 28.5 Å². The predicted octanol–water partition coefficient (Wildman–Crippen LogP) is 5.82. The lowest BCUT2D eigenvalue weighted by Gasteiger charge is -2.14. The van der Waals surface area contributed by atoms with Crippen molar-refractivity contribution in [3.63, 3.8) is 0 Å². The number of aryl methyl sites for hydroxylation is 1. The number of carbonyl (C=O) groups is 1. The van der Waals surface area contributed by atoms with Crippen LogP contribution in [-0.4, -0.2) is 22.7 Å². The molecule has 0 aliphatic rings. The molecule has 1 N–H and O–H groups in total. The number of halogens is 1. The molecule has 0 radical (unpaired) electrons. The molecule has 0 atom stereocenters. The molecule has 33 heavy (non-hydrogen) atoms. The predicted molar refractivity (Wildman–Crippen MR) is 126 cm³/mol. The van der Waals surface area contributed by atoms with Crippen molar-refractivity contribution < 1.29 is 24.1 Å². The van der Waals surface area contributed by atoms with Gasteiger partial charge in [0.2, 0.25) is 0 Å². The van der Waals surface area contributed by atoms with E-state index in [1.165, 1.54) is 0 Å². The molecule has 4 rings (SSSR count). The third-order valence-corrected chi connectivity index (χ3v) is 5.25. The summed E-state index contributed by atoms with van der Waals surface area (Å²) in [5.74, 6) is 0.733. The van der Waals surface area contributed by atoms with E-state index in [2.05, 4.69) is 4.98 Å². The van der Waals surface area contributed by atoms with Crippen molar-refractivity contribution in [2.75, 3.05) is 6.61 Å². The molecule has 0 unspecified atom stereocenters. The SMILES string of the molecule is Cc1cccc(COc2cccc(OCc3cc(Cl)c4ccccc4n3)c2)c1OCC(=O)O. The van der Waals surface area contributed by atoms with Gasteiger partial charge in [-0.05, 0) is 36.8 Å². The minimum absolute atomic E-state index is 0.224. The van der Waals surface area contributed by atoms with Crippen molar-refractivity contribution in [3.8, 4) is 17.2 Å². The number of carboxylic acid groups (broad SMARTS) is 1. The molecule has 0 aliphatic carbocycles. The van der Waals surface area contributed by atoms with E-state index < -0.39 is 12.6 Å². The van der Waals surface area contributed by atoms with E-state index >= 15 is 0 Å². The zero-order valence-electron chi connectivity index (χ0n) is 18.0. The fourth-order valence-corrected chi connectivity index (χ4v) is 3.68. The fourth-order valence-electron chi connectivity index (χ4n) is 3.40. The number of benzene rings is 3. The fraction of sp³-hybridized carbons (Fsp3) is 0.154. The number of aromatic nitrogens is 1. The lowest BCUT2D eigenvalue weighted by molar-refractivity contribution is -0.139. The van der Waals surface area contributed by atoms with Crippen LogP contribution < -0.4 is 14.2 Å². The summed E-state index contributed by atoms with van der Waals surface area (Å²) < 4.78 is 17.3. The zero-order valence-corrected chi connectivity index (χ0v) is 18.7. The Labute approximate surface area is 196 Å². The minimum Gasteiger partial charge on any atom is -0.489 e. The maximum Gasteiger partial charge on any atom is 0.341 e. The Morgan fingerprint density at radius 2 is 1.64 bits per heavy atom. The van der Waals surface area contributed by atoms with E-state index in [1.54, 1.807) is 12.1 Å². The monoisotopic (exact) mass is 463 g/mol. The maximum absolute atomic E-state index is 10.9. The Morgan fingerprint density at radius 3 is 2.42 bits per heavy atom. The molecule has 0 bridgehead atoms. The molecule has 0 spiro atoms. The molecule has 0 saturated carbocycles. The van der Waals surface area contributed by atoms with Gasteiger partial charge in [-0.2, -0.15) is 0 Å². The normalized spacial score (nSPS) is 10.7. The first kappa shape index (κ1) is 22.4. The molecule has 1 aromatic heterocycles. The molecule has 7 heteroatoms. The smallest absolute Gasteiger partial charge is 0.341 e. The van der Waals surface area contributed by atoms with E-state index in [1.807, 2.05) is 67.6 Å². The van der Waals surface area contributed by atoms with Crippen molar-refractivity contribution in [1.82, 2.24) is 4.98 Å². The largest absolute Gasteiger partial charge is 0.489 e. The van der Waals surface area contributed by atoms with Crippen molar-refractivity contribution in [1.29, 1.82) is 0 Å². The number of aliphatic carboxylic acids is 1. The molecule has 0 fully saturated rings. The van der Waals surface area contributed by atoms with Gasteiger partial charge in [-0.1, -0.05) is 54.1 Å². The lowest BCUT2D eigenvalue weighted by atomic mass is 10.1. The van der Waals surface area contributed by atoms with Crippen LogP contribution in [0.15, 0.2) is 72.8 Å². The molecule has 0 saturated heterocycles. The molecule has 0 aliphatic heterocycles. The highest BCUT2D eigenvalue weighted by molar-refractivity contribution is 6.35. The highest BCUT2D eigenvalue weighted by atomic mass is 35.5. The number of nitrogens with zero attached hydrogens (tertiary/aromatic N) is 1. The Hall–Kier alpha value is -3.77. The minimum atomic E-state index is -1.03. The number of hydrogen-bond acceptors (Lipinski definition) is 5. The quantitative estimate of drug-likeness (QED) is 0.337. The van der Waals surface area contributed by atoms with Crippen LogP contribution in [-0.2, 0) is 18.0 Å². The Bertz CT molecular complexity index is 1290. The number of para-hydroxylation sites is 2. The van der Waals surface area contributed by atoms with Gasteiger partial charge >= 0.3 is 5.97 Å². The van der Waals surface area contributed by atoms with E-state index in [0.29, 0.717) is 22.3 Å². The van der Waals surface area contributed by atoms with Crippen LogP contribution in [0.3, 0.4) is 0 Å². The average Bonchev–Trinajstić information content (AvgIpc) is 2.81. The number of pyridine rings is 1. The van der Waals surface area contributed by atoms with Crippen LogP contribution >= 0.6 is 11.6 Å². The molecular weight excluding hydrogens is 442 g/mol. The second-order valence-corrected chi connectivity index (χ2v) is 7.82. The molecule has 6 nitrogen and oxygen atoms in total. The highest BCUT2D eigenvalue weighted by Crippen LogP contribution is 2.27. The zero-order chi connectivity index (χ0) is 23.2. The van der Waals surface area contributed by atoms with Gasteiger partial charge in [-0.3, -0.25) is 0 Å². The van der Waals surface area contributed by atoms with Gasteiger partial charge in [-0.25, -0.2) is 9.78 Å². The summed E-state index contributed by atoms with van der Waals surface area (Å²) in [4.78, 5) is 15.5. The topological polar surface area (TPSA) is 77.9 Å². The number of rotatable bonds is 9. The van der Waals surface area contributed by atoms with E-state index in [0.717, 1.165) is 27.7 Å². The molecule has 3 aromatic carbocycles. The van der Waals surface area contributed by atoms with Gasteiger partial charge in [0.25, 0.3) is 0 Å². The van der Waals surface area contributed by atoms with E-state index in [4.69, 9.17) is 30.9 Å². The summed E-state index contributed by atoms with van der Waals surface area (Å²) in [6.45, 7) is 1.94. The first-order chi connectivity index (χ1) is 16.0. The number of carboxylic acids is 1. The highest BCUT2D eigenvalue weighted by Gasteiger charge is 2.10. The van der Waals surface area contributed by atoms with Crippen LogP contribution in [0.1, 0.15) is 16.8 Å². The van der Waals surface area contributed by atoms with Crippen LogP contribution in [0.25, 0.3) is 10.9 Å². The molecule has 168 valence electrons. The molecule has 0 amide bonds. The van der Waals surface area contributed by atoms with Crippen molar-refractivity contribution in [2.45, 2.75) is 20.1 Å². The summed E-state index contributed by atoms with van der Waals surface area (Å²) in [5.41, 5.74) is 3.15. The molecule has 4 aromatic rings. The van der Waals surface area contributed by atoms with Gasteiger partial charge in [0.15, 0.2) is 6.61 Å².